The van der Waals surface area contributed by atoms with Gasteiger partial charge in [0.15, 0.2) is 0 Å². The lowest BCUT2D eigenvalue weighted by Gasteiger charge is -2.21. The van der Waals surface area contributed by atoms with E-state index in [4.69, 9.17) is 0 Å². The van der Waals surface area contributed by atoms with Crippen molar-refractivity contribution in [3.05, 3.63) is 65.2 Å². The van der Waals surface area contributed by atoms with Gasteiger partial charge in [0.1, 0.15) is 5.75 Å². The molecule has 5 heteroatoms. The van der Waals surface area contributed by atoms with Gasteiger partial charge < -0.3 is 20.8 Å². The molecule has 0 bridgehead atoms. The van der Waals surface area contributed by atoms with Crippen LogP contribution in [0.5, 0.6) is 5.75 Å². The number of hydrogen-bond acceptors (Lipinski definition) is 3. The Hall–Kier alpha value is -2.53. The van der Waals surface area contributed by atoms with E-state index in [1.807, 2.05) is 31.2 Å². The second-order valence-electron chi connectivity index (χ2n) is 5.64. The van der Waals surface area contributed by atoms with Gasteiger partial charge in [0.25, 0.3) is 0 Å². The Morgan fingerprint density at radius 2 is 1.70 bits per heavy atom. The normalized spacial score (nSPS) is 13.2. The third kappa shape index (κ3) is 5.00. The van der Waals surface area contributed by atoms with Crippen molar-refractivity contribution in [3.63, 3.8) is 0 Å². The molecule has 5 nitrogen and oxygen atoms in total. The lowest BCUT2D eigenvalue weighted by molar-refractivity contribution is 0.137. The van der Waals surface area contributed by atoms with E-state index in [-0.39, 0.29) is 11.8 Å². The molecule has 0 unspecified atom stereocenters. The summed E-state index contributed by atoms with van der Waals surface area (Å²) in [5, 5.41) is 25.0. The van der Waals surface area contributed by atoms with Crippen LogP contribution >= 0.6 is 0 Å². The number of aliphatic hydroxyl groups is 1. The first-order valence-electron chi connectivity index (χ1n) is 7.52. The highest BCUT2D eigenvalue weighted by Crippen LogP contribution is 2.19. The summed E-state index contributed by atoms with van der Waals surface area (Å²) in [6.07, 6.45) is -0.847. The first kappa shape index (κ1) is 16.8. The molecule has 0 aromatic heterocycles. The van der Waals surface area contributed by atoms with Gasteiger partial charge in [0.2, 0.25) is 0 Å². The summed E-state index contributed by atoms with van der Waals surface area (Å²) in [5.41, 5.74) is 2.82. The average molecular weight is 314 g/mol. The maximum absolute atomic E-state index is 11.9. The Morgan fingerprint density at radius 1 is 1.09 bits per heavy atom. The van der Waals surface area contributed by atoms with Gasteiger partial charge in [-0.2, -0.15) is 0 Å². The van der Waals surface area contributed by atoms with Gasteiger partial charge in [0.05, 0.1) is 12.1 Å². The number of amides is 2. The number of phenolic OH excluding ortho intramolecular Hbond substituents is 1. The summed E-state index contributed by atoms with van der Waals surface area (Å²) in [4.78, 5) is 11.9. The van der Waals surface area contributed by atoms with Crippen molar-refractivity contribution >= 4 is 6.03 Å². The van der Waals surface area contributed by atoms with Crippen LogP contribution in [0.15, 0.2) is 48.5 Å². The molecule has 0 spiro atoms. The van der Waals surface area contributed by atoms with Crippen LogP contribution in [0.4, 0.5) is 4.79 Å². The first-order valence-corrected chi connectivity index (χ1v) is 7.52. The van der Waals surface area contributed by atoms with Gasteiger partial charge in [-0.25, -0.2) is 4.79 Å². The first-order chi connectivity index (χ1) is 11.0. The Labute approximate surface area is 136 Å². The van der Waals surface area contributed by atoms with E-state index in [1.165, 1.54) is 17.7 Å². The number of carbonyl (C=O) groups excluding carboxylic acids is 1. The van der Waals surface area contributed by atoms with Crippen LogP contribution in [0.2, 0.25) is 0 Å². The van der Waals surface area contributed by atoms with Crippen LogP contribution in [-0.4, -0.2) is 22.3 Å². The molecular formula is C18H22N2O3. The molecule has 0 fully saturated rings. The minimum absolute atomic E-state index is 0.136. The van der Waals surface area contributed by atoms with Crippen molar-refractivity contribution in [1.82, 2.24) is 10.6 Å². The number of carbonyl (C=O) groups is 1. The predicted octanol–water partition coefficient (Wildman–Crippen LogP) is 2.62. The highest BCUT2D eigenvalue weighted by atomic mass is 16.3. The lowest BCUT2D eigenvalue weighted by Crippen LogP contribution is -2.43. The number of benzene rings is 2. The van der Waals surface area contributed by atoms with Crippen LogP contribution in [0.25, 0.3) is 0 Å². The van der Waals surface area contributed by atoms with Crippen molar-refractivity contribution in [2.45, 2.75) is 32.5 Å². The summed E-state index contributed by atoms with van der Waals surface area (Å²) in [7, 11) is 0. The Balaban J connectivity index is 1.84. The quantitative estimate of drug-likeness (QED) is 0.685. The fourth-order valence-electron chi connectivity index (χ4n) is 2.19. The van der Waals surface area contributed by atoms with Gasteiger partial charge >= 0.3 is 6.03 Å². The molecule has 2 aromatic rings. The number of nitrogens with one attached hydrogen (secondary N) is 2. The topological polar surface area (TPSA) is 81.6 Å². The van der Waals surface area contributed by atoms with Gasteiger partial charge in [-0.05, 0) is 37.1 Å². The number of hydrogen-bond donors (Lipinski definition) is 4. The fourth-order valence-corrected chi connectivity index (χ4v) is 2.19. The zero-order chi connectivity index (χ0) is 16.8. The van der Waals surface area contributed by atoms with Crippen LogP contribution < -0.4 is 10.6 Å². The highest BCUT2D eigenvalue weighted by Gasteiger charge is 2.18. The van der Waals surface area contributed by atoms with Crippen molar-refractivity contribution in [2.24, 2.45) is 0 Å². The van der Waals surface area contributed by atoms with Crippen LogP contribution in [-0.2, 0) is 6.54 Å². The second kappa shape index (κ2) is 7.65. The maximum atomic E-state index is 11.9. The van der Waals surface area contributed by atoms with Gasteiger partial charge in [-0.15, -0.1) is 0 Å². The SMILES string of the molecule is Cc1ccc(CNC(=O)N[C@@H](C)[C@H](O)c2ccc(O)cc2)cc1. The van der Waals surface area contributed by atoms with Crippen LogP contribution in [0, 0.1) is 6.92 Å². The summed E-state index contributed by atoms with van der Waals surface area (Å²) >= 11 is 0. The molecule has 0 aliphatic heterocycles. The van der Waals surface area contributed by atoms with E-state index in [2.05, 4.69) is 10.6 Å². The minimum Gasteiger partial charge on any atom is -0.508 e. The van der Waals surface area contributed by atoms with Crippen LogP contribution in [0.3, 0.4) is 0 Å². The van der Waals surface area contributed by atoms with Crippen LogP contribution in [0.1, 0.15) is 29.7 Å². The van der Waals surface area contributed by atoms with Gasteiger partial charge in [-0.3, -0.25) is 0 Å². The van der Waals surface area contributed by atoms with Crippen molar-refractivity contribution in [1.29, 1.82) is 0 Å². The second-order valence-corrected chi connectivity index (χ2v) is 5.64. The molecule has 2 amide bonds. The van der Waals surface area contributed by atoms with E-state index in [0.29, 0.717) is 12.1 Å². The monoisotopic (exact) mass is 314 g/mol. The van der Waals surface area contributed by atoms with Crippen molar-refractivity contribution in [3.8, 4) is 5.75 Å². The number of aromatic hydroxyl groups is 1. The molecule has 2 aromatic carbocycles. The predicted molar refractivity (Wildman–Crippen MR) is 89.1 cm³/mol. The minimum atomic E-state index is -0.847. The fraction of sp³-hybridized carbons (Fsp3) is 0.278. The zero-order valence-corrected chi connectivity index (χ0v) is 13.3. The number of aliphatic hydroxyl groups excluding tert-OH is 1. The highest BCUT2D eigenvalue weighted by molar-refractivity contribution is 5.74. The molecule has 2 rings (SSSR count). The number of phenols is 1. The molecule has 2 atom stereocenters. The van der Waals surface area contributed by atoms with Crippen molar-refractivity contribution < 1.29 is 15.0 Å². The standard InChI is InChI=1S/C18H22N2O3/c1-12-3-5-14(6-4-12)11-19-18(23)20-13(2)17(22)15-7-9-16(21)10-8-15/h3-10,13,17,21-22H,11H2,1-2H3,(H2,19,20,23)/t13-,17-/m0/s1. The van der Waals surface area contributed by atoms with Gasteiger partial charge in [-0.1, -0.05) is 42.0 Å². The molecule has 0 aliphatic rings. The third-order valence-corrected chi connectivity index (χ3v) is 3.64. The van der Waals surface area contributed by atoms with Gasteiger partial charge in [0, 0.05) is 6.54 Å². The zero-order valence-electron chi connectivity index (χ0n) is 13.3. The van der Waals surface area contributed by atoms with E-state index in [9.17, 15) is 15.0 Å². The summed E-state index contributed by atoms with van der Waals surface area (Å²) in [6, 6.07) is 13.4. The Bertz CT molecular complexity index is 638. The van der Waals surface area contributed by atoms with E-state index >= 15 is 0 Å². The largest absolute Gasteiger partial charge is 0.508 e. The summed E-state index contributed by atoms with van der Waals surface area (Å²) in [6.45, 7) is 4.16. The molecular weight excluding hydrogens is 292 g/mol. The maximum Gasteiger partial charge on any atom is 0.315 e. The third-order valence-electron chi connectivity index (χ3n) is 3.64. The number of urea groups is 1. The van der Waals surface area contributed by atoms with E-state index in [1.54, 1.807) is 19.1 Å². The Kier molecular flexibility index (Phi) is 5.60. The molecule has 122 valence electrons. The molecule has 4 N–H and O–H groups in total. The molecule has 0 saturated carbocycles. The van der Waals surface area contributed by atoms with E-state index < -0.39 is 12.1 Å². The summed E-state index contributed by atoms with van der Waals surface area (Å²) < 4.78 is 0. The molecule has 23 heavy (non-hydrogen) atoms. The molecule has 0 radical (unpaired) electrons. The Morgan fingerprint density at radius 3 is 2.30 bits per heavy atom. The molecule has 0 saturated heterocycles. The van der Waals surface area contributed by atoms with Crippen molar-refractivity contribution in [2.75, 3.05) is 0 Å². The smallest absolute Gasteiger partial charge is 0.315 e. The number of rotatable bonds is 5. The number of aryl methyl sites for hydroxylation is 1. The summed E-state index contributed by atoms with van der Waals surface area (Å²) in [5.74, 6) is 0.136. The average Bonchev–Trinajstić information content (AvgIpc) is 2.54. The molecule has 0 heterocycles. The lowest BCUT2D eigenvalue weighted by atomic mass is 10.0. The molecule has 0 aliphatic carbocycles. The van der Waals surface area contributed by atoms with E-state index in [0.717, 1.165) is 5.56 Å².